The predicted octanol–water partition coefficient (Wildman–Crippen LogP) is 1.08. The Morgan fingerprint density at radius 3 is 2.86 bits per heavy atom. The average Bonchev–Trinajstić information content (AvgIpc) is 2.40. The molecule has 0 atom stereocenters. The zero-order valence-electron chi connectivity index (χ0n) is 12.3. The van der Waals surface area contributed by atoms with E-state index in [-0.39, 0.29) is 11.7 Å². The van der Waals surface area contributed by atoms with Crippen molar-refractivity contribution in [2.24, 2.45) is 0 Å². The number of nitrogens with one attached hydrogen (secondary N) is 1. The predicted molar refractivity (Wildman–Crippen MR) is 82.5 cm³/mol. The summed E-state index contributed by atoms with van der Waals surface area (Å²) in [6.07, 6.45) is 1.96. The summed E-state index contributed by atoms with van der Waals surface area (Å²) in [6.45, 7) is 3.28. The van der Waals surface area contributed by atoms with Crippen molar-refractivity contribution in [1.29, 1.82) is 0 Å². The number of carbonyl (C=O) groups is 1. The molecule has 0 saturated carbocycles. The summed E-state index contributed by atoms with van der Waals surface area (Å²) >= 11 is 0. The molecule has 116 valence electrons. The van der Waals surface area contributed by atoms with E-state index in [0.29, 0.717) is 26.1 Å². The van der Waals surface area contributed by atoms with E-state index in [1.807, 2.05) is 31.2 Å². The Kier molecular flexibility index (Phi) is 5.36. The van der Waals surface area contributed by atoms with Crippen LogP contribution in [0.2, 0.25) is 0 Å². The maximum atomic E-state index is 11.8. The molecule has 2 rings (SSSR count). The van der Waals surface area contributed by atoms with Crippen LogP contribution in [0.1, 0.15) is 24.0 Å². The minimum absolute atomic E-state index is 0.0741. The van der Waals surface area contributed by atoms with E-state index in [4.69, 9.17) is 0 Å². The fourth-order valence-electron chi connectivity index (χ4n) is 2.48. The van der Waals surface area contributed by atoms with E-state index < -0.39 is 10.0 Å². The Hall–Kier alpha value is -1.40. The number of benzene rings is 1. The lowest BCUT2D eigenvalue weighted by Crippen LogP contribution is -2.42. The van der Waals surface area contributed by atoms with Gasteiger partial charge in [-0.25, -0.2) is 12.7 Å². The number of rotatable bonds is 5. The van der Waals surface area contributed by atoms with Crippen molar-refractivity contribution in [3.8, 4) is 0 Å². The highest BCUT2D eigenvalue weighted by atomic mass is 32.2. The van der Waals surface area contributed by atoms with Crippen LogP contribution in [0.25, 0.3) is 0 Å². The molecule has 0 aromatic heterocycles. The minimum Gasteiger partial charge on any atom is -0.354 e. The second-order valence-corrected chi connectivity index (χ2v) is 7.53. The van der Waals surface area contributed by atoms with Crippen LogP contribution in [0.15, 0.2) is 24.3 Å². The molecule has 0 spiro atoms. The monoisotopic (exact) mass is 310 g/mol. The third-order valence-electron chi connectivity index (χ3n) is 3.58. The van der Waals surface area contributed by atoms with E-state index in [9.17, 15) is 13.2 Å². The van der Waals surface area contributed by atoms with Gasteiger partial charge in [0.25, 0.3) is 0 Å². The summed E-state index contributed by atoms with van der Waals surface area (Å²) in [5.74, 6) is 0.152. The lowest BCUT2D eigenvalue weighted by molar-refractivity contribution is -0.120. The molecular formula is C15H22N2O3S. The number of aryl methyl sites for hydroxylation is 1. The van der Waals surface area contributed by atoms with Gasteiger partial charge in [0.2, 0.25) is 15.9 Å². The van der Waals surface area contributed by atoms with Gasteiger partial charge in [-0.05, 0) is 25.3 Å². The van der Waals surface area contributed by atoms with Gasteiger partial charge in [0.1, 0.15) is 0 Å². The number of hydrogen-bond donors (Lipinski definition) is 1. The van der Waals surface area contributed by atoms with Crippen LogP contribution in [-0.4, -0.2) is 44.0 Å². The van der Waals surface area contributed by atoms with Gasteiger partial charge >= 0.3 is 0 Å². The van der Waals surface area contributed by atoms with Crippen LogP contribution in [0.3, 0.4) is 0 Å². The summed E-state index contributed by atoms with van der Waals surface area (Å²) in [5.41, 5.74) is 2.10. The van der Waals surface area contributed by atoms with Crippen molar-refractivity contribution in [2.75, 3.05) is 25.4 Å². The van der Waals surface area contributed by atoms with Gasteiger partial charge in [0, 0.05) is 19.6 Å². The van der Waals surface area contributed by atoms with Crippen molar-refractivity contribution >= 4 is 15.9 Å². The smallest absolute Gasteiger partial charge is 0.224 e. The molecule has 1 saturated heterocycles. The molecule has 0 radical (unpaired) electrons. The number of nitrogens with zero attached hydrogens (tertiary/aromatic N) is 1. The van der Waals surface area contributed by atoms with Gasteiger partial charge in [0.05, 0.1) is 12.2 Å². The molecule has 1 heterocycles. The SMILES string of the molecule is Cc1cccc(CC(=O)NCCN2CCCCS2(=O)=O)c1. The molecule has 1 aliphatic rings. The second-order valence-electron chi connectivity index (χ2n) is 5.44. The molecule has 0 aliphatic carbocycles. The van der Waals surface area contributed by atoms with Gasteiger partial charge in [-0.1, -0.05) is 29.8 Å². The Balaban J connectivity index is 1.77. The molecule has 0 bridgehead atoms. The quantitative estimate of drug-likeness (QED) is 0.885. The molecule has 1 aromatic carbocycles. The van der Waals surface area contributed by atoms with Gasteiger partial charge in [0.15, 0.2) is 0 Å². The van der Waals surface area contributed by atoms with Crippen molar-refractivity contribution in [3.05, 3.63) is 35.4 Å². The third kappa shape index (κ3) is 4.82. The first kappa shape index (κ1) is 16.0. The highest BCUT2D eigenvalue weighted by molar-refractivity contribution is 7.89. The molecule has 1 aliphatic heterocycles. The largest absolute Gasteiger partial charge is 0.354 e. The molecule has 21 heavy (non-hydrogen) atoms. The average molecular weight is 310 g/mol. The van der Waals surface area contributed by atoms with Crippen LogP contribution >= 0.6 is 0 Å². The molecule has 5 nitrogen and oxygen atoms in total. The van der Waals surface area contributed by atoms with E-state index in [1.165, 1.54) is 4.31 Å². The maximum Gasteiger partial charge on any atom is 0.224 e. The number of sulfonamides is 1. The summed E-state index contributed by atoms with van der Waals surface area (Å²) in [6, 6.07) is 7.82. The maximum absolute atomic E-state index is 11.8. The van der Waals surface area contributed by atoms with E-state index in [0.717, 1.165) is 24.0 Å². The summed E-state index contributed by atoms with van der Waals surface area (Å²) in [7, 11) is -3.10. The third-order valence-corrected chi connectivity index (χ3v) is 5.54. The van der Waals surface area contributed by atoms with E-state index in [1.54, 1.807) is 0 Å². The first-order valence-electron chi connectivity index (χ1n) is 7.27. The van der Waals surface area contributed by atoms with Crippen LogP contribution in [-0.2, 0) is 21.2 Å². The summed E-state index contributed by atoms with van der Waals surface area (Å²) in [5, 5.41) is 2.79. The summed E-state index contributed by atoms with van der Waals surface area (Å²) in [4.78, 5) is 11.8. The van der Waals surface area contributed by atoms with Crippen molar-refractivity contribution in [1.82, 2.24) is 9.62 Å². The standard InChI is InChI=1S/C15H22N2O3S/c1-13-5-4-6-14(11-13)12-15(18)16-7-9-17-8-2-3-10-21(17,19)20/h4-6,11H,2-3,7-10,12H2,1H3,(H,16,18). The Morgan fingerprint density at radius 1 is 1.33 bits per heavy atom. The molecule has 6 heteroatoms. The molecule has 1 aromatic rings. The van der Waals surface area contributed by atoms with Crippen LogP contribution in [0.4, 0.5) is 0 Å². The van der Waals surface area contributed by atoms with Crippen LogP contribution in [0.5, 0.6) is 0 Å². The normalized spacial score (nSPS) is 18.3. The molecule has 1 N–H and O–H groups in total. The van der Waals surface area contributed by atoms with E-state index in [2.05, 4.69) is 5.32 Å². The van der Waals surface area contributed by atoms with Gasteiger partial charge in [-0.2, -0.15) is 0 Å². The molecule has 1 amide bonds. The topological polar surface area (TPSA) is 66.5 Å². The highest BCUT2D eigenvalue weighted by Crippen LogP contribution is 2.12. The van der Waals surface area contributed by atoms with Gasteiger partial charge in [-0.3, -0.25) is 4.79 Å². The lowest BCUT2D eigenvalue weighted by Gasteiger charge is -2.26. The van der Waals surface area contributed by atoms with Gasteiger partial charge in [-0.15, -0.1) is 0 Å². The van der Waals surface area contributed by atoms with Gasteiger partial charge < -0.3 is 5.32 Å². The minimum atomic E-state index is -3.10. The van der Waals surface area contributed by atoms with Crippen molar-refractivity contribution < 1.29 is 13.2 Å². The zero-order chi connectivity index (χ0) is 15.3. The first-order valence-corrected chi connectivity index (χ1v) is 8.88. The fourth-order valence-corrected chi connectivity index (χ4v) is 4.09. The Bertz CT molecular complexity index is 599. The number of hydrogen-bond acceptors (Lipinski definition) is 3. The molecular weight excluding hydrogens is 288 g/mol. The fraction of sp³-hybridized carbons (Fsp3) is 0.533. The summed E-state index contributed by atoms with van der Waals surface area (Å²) < 4.78 is 25.1. The van der Waals surface area contributed by atoms with Crippen LogP contribution < -0.4 is 5.32 Å². The van der Waals surface area contributed by atoms with Crippen molar-refractivity contribution in [2.45, 2.75) is 26.2 Å². The molecule has 0 unspecified atom stereocenters. The Morgan fingerprint density at radius 2 is 2.14 bits per heavy atom. The molecule has 1 fully saturated rings. The van der Waals surface area contributed by atoms with Crippen LogP contribution in [0, 0.1) is 6.92 Å². The lowest BCUT2D eigenvalue weighted by atomic mass is 10.1. The first-order chi connectivity index (χ1) is 9.97. The number of carbonyl (C=O) groups excluding carboxylic acids is 1. The van der Waals surface area contributed by atoms with Crippen molar-refractivity contribution in [3.63, 3.8) is 0 Å². The number of amides is 1. The zero-order valence-corrected chi connectivity index (χ0v) is 13.2. The van der Waals surface area contributed by atoms with E-state index >= 15 is 0 Å². The second kappa shape index (κ2) is 7.04. The highest BCUT2D eigenvalue weighted by Gasteiger charge is 2.25. The Labute approximate surface area is 126 Å².